The van der Waals surface area contributed by atoms with Crippen molar-refractivity contribution in [2.24, 2.45) is 0 Å². The molecule has 0 N–H and O–H groups in total. The lowest BCUT2D eigenvalue weighted by Crippen LogP contribution is -2.00. The van der Waals surface area contributed by atoms with Crippen LogP contribution in [-0.2, 0) is 9.53 Å². The Morgan fingerprint density at radius 2 is 1.80 bits per heavy atom. The van der Waals surface area contributed by atoms with E-state index >= 15 is 0 Å². The van der Waals surface area contributed by atoms with Gasteiger partial charge in [0.25, 0.3) is 0 Å². The fourth-order valence-corrected chi connectivity index (χ4v) is 0.263. The molecular weight excluding hydrogens is 148 g/mol. The van der Waals surface area contributed by atoms with E-state index in [0.717, 1.165) is 5.75 Å². The molecule has 0 aromatic carbocycles. The zero-order valence-corrected chi connectivity index (χ0v) is 7.78. The van der Waals surface area contributed by atoms with Crippen LogP contribution in [0.25, 0.3) is 0 Å². The van der Waals surface area contributed by atoms with Crippen molar-refractivity contribution in [2.45, 2.75) is 27.2 Å². The topological polar surface area (TPSA) is 26.3 Å². The smallest absolute Gasteiger partial charge is 0.305 e. The highest BCUT2D eigenvalue weighted by molar-refractivity contribution is 7.80. The lowest BCUT2D eigenvalue weighted by atomic mass is 10.5. The number of rotatable bonds is 2. The van der Waals surface area contributed by atoms with Crippen molar-refractivity contribution < 1.29 is 9.53 Å². The van der Waals surface area contributed by atoms with Crippen LogP contribution in [-0.4, -0.2) is 18.3 Å². The van der Waals surface area contributed by atoms with Crippen LogP contribution in [0.2, 0.25) is 0 Å². The predicted octanol–water partition coefficient (Wildman–Crippen LogP) is 1.90. The van der Waals surface area contributed by atoms with Crippen LogP contribution in [0.5, 0.6) is 0 Å². The Morgan fingerprint density at radius 3 is 1.90 bits per heavy atom. The van der Waals surface area contributed by atoms with Gasteiger partial charge in [0.2, 0.25) is 0 Å². The summed E-state index contributed by atoms with van der Waals surface area (Å²) in [5.74, 6) is 0.822. The van der Waals surface area contributed by atoms with Gasteiger partial charge >= 0.3 is 5.97 Å². The summed E-state index contributed by atoms with van der Waals surface area (Å²) in [5, 5.41) is 0. The SMILES string of the molecule is CCOC(=O)CC.CCS. The molecule has 0 radical (unpaired) electrons. The summed E-state index contributed by atoms with van der Waals surface area (Å²) in [6.45, 7) is 6.06. The molecule has 0 unspecified atom stereocenters. The van der Waals surface area contributed by atoms with Crippen LogP contribution in [0.4, 0.5) is 0 Å². The van der Waals surface area contributed by atoms with Crippen molar-refractivity contribution in [2.75, 3.05) is 12.4 Å². The monoisotopic (exact) mass is 164 g/mol. The lowest BCUT2D eigenvalue weighted by molar-refractivity contribution is -0.142. The summed E-state index contributed by atoms with van der Waals surface area (Å²) >= 11 is 3.79. The molecule has 62 valence electrons. The summed E-state index contributed by atoms with van der Waals surface area (Å²) < 4.78 is 4.55. The average molecular weight is 164 g/mol. The van der Waals surface area contributed by atoms with E-state index in [1.165, 1.54) is 0 Å². The number of carbonyl (C=O) groups is 1. The van der Waals surface area contributed by atoms with Gasteiger partial charge < -0.3 is 4.74 Å². The maximum Gasteiger partial charge on any atom is 0.305 e. The number of hydrogen-bond acceptors (Lipinski definition) is 3. The molecule has 0 aromatic heterocycles. The van der Waals surface area contributed by atoms with E-state index in [4.69, 9.17) is 0 Å². The molecule has 0 aliphatic heterocycles. The normalized spacial score (nSPS) is 7.60. The first-order valence-electron chi connectivity index (χ1n) is 3.49. The van der Waals surface area contributed by atoms with Gasteiger partial charge in [-0.1, -0.05) is 13.8 Å². The van der Waals surface area contributed by atoms with Crippen LogP contribution in [0, 0.1) is 0 Å². The fourth-order valence-electron chi connectivity index (χ4n) is 0.263. The molecule has 0 fully saturated rings. The third-order valence-corrected chi connectivity index (χ3v) is 0.594. The second-order valence-corrected chi connectivity index (χ2v) is 2.11. The molecular formula is C7H16O2S. The summed E-state index contributed by atoms with van der Waals surface area (Å²) in [6.07, 6.45) is 0.480. The second kappa shape index (κ2) is 11.6. The van der Waals surface area contributed by atoms with E-state index in [0.29, 0.717) is 13.0 Å². The Labute approximate surface area is 68.4 Å². The van der Waals surface area contributed by atoms with Crippen molar-refractivity contribution in [3.05, 3.63) is 0 Å². The van der Waals surface area contributed by atoms with Crippen molar-refractivity contribution >= 4 is 18.6 Å². The van der Waals surface area contributed by atoms with Crippen molar-refractivity contribution in [3.8, 4) is 0 Å². The standard InChI is InChI=1S/C5H10O2.C2H6S/c1-3-5(6)7-4-2;1-2-3/h3-4H2,1-2H3;3H,2H2,1H3. The molecule has 0 spiro atoms. The number of hydrogen-bond donors (Lipinski definition) is 1. The first-order chi connectivity index (χ1) is 4.72. The molecule has 0 bridgehead atoms. The Bertz CT molecular complexity index is 74.0. The van der Waals surface area contributed by atoms with Gasteiger partial charge in [-0.05, 0) is 12.7 Å². The molecule has 0 aliphatic carbocycles. The Morgan fingerprint density at radius 1 is 1.40 bits per heavy atom. The minimum absolute atomic E-state index is 0.123. The van der Waals surface area contributed by atoms with E-state index < -0.39 is 0 Å². The minimum Gasteiger partial charge on any atom is -0.466 e. The van der Waals surface area contributed by atoms with Crippen LogP contribution in [0.15, 0.2) is 0 Å². The molecule has 0 rings (SSSR count). The molecule has 0 saturated carbocycles. The highest BCUT2D eigenvalue weighted by atomic mass is 32.1. The first-order valence-corrected chi connectivity index (χ1v) is 4.12. The quantitative estimate of drug-likeness (QED) is 0.498. The molecule has 10 heavy (non-hydrogen) atoms. The molecule has 0 heterocycles. The molecule has 0 saturated heterocycles. The molecule has 0 amide bonds. The van der Waals surface area contributed by atoms with E-state index in [2.05, 4.69) is 17.4 Å². The van der Waals surface area contributed by atoms with Crippen LogP contribution >= 0.6 is 12.6 Å². The average Bonchev–Trinajstić information content (AvgIpc) is 1.90. The zero-order chi connectivity index (χ0) is 8.41. The van der Waals surface area contributed by atoms with Crippen molar-refractivity contribution in [1.29, 1.82) is 0 Å². The zero-order valence-electron chi connectivity index (χ0n) is 6.89. The Hall–Kier alpha value is -0.180. The predicted molar refractivity (Wildman–Crippen MR) is 46.5 cm³/mol. The molecule has 0 aromatic rings. The molecule has 2 nitrogen and oxygen atoms in total. The van der Waals surface area contributed by atoms with Crippen LogP contribution in [0.3, 0.4) is 0 Å². The van der Waals surface area contributed by atoms with E-state index in [1.54, 1.807) is 13.8 Å². The summed E-state index contributed by atoms with van der Waals surface area (Å²) in [5.41, 5.74) is 0. The highest BCUT2D eigenvalue weighted by Crippen LogP contribution is 1.80. The summed E-state index contributed by atoms with van der Waals surface area (Å²) in [6, 6.07) is 0. The van der Waals surface area contributed by atoms with Gasteiger partial charge in [-0.2, -0.15) is 12.6 Å². The van der Waals surface area contributed by atoms with Gasteiger partial charge in [0, 0.05) is 6.42 Å². The summed E-state index contributed by atoms with van der Waals surface area (Å²) in [7, 11) is 0. The van der Waals surface area contributed by atoms with Gasteiger partial charge in [0.1, 0.15) is 0 Å². The van der Waals surface area contributed by atoms with Crippen molar-refractivity contribution in [1.82, 2.24) is 0 Å². The van der Waals surface area contributed by atoms with Gasteiger partial charge in [0.05, 0.1) is 6.61 Å². The maximum atomic E-state index is 10.2. The van der Waals surface area contributed by atoms with E-state index in [-0.39, 0.29) is 5.97 Å². The van der Waals surface area contributed by atoms with Gasteiger partial charge in [0.15, 0.2) is 0 Å². The second-order valence-electron chi connectivity index (χ2n) is 1.47. The van der Waals surface area contributed by atoms with Gasteiger partial charge in [-0.3, -0.25) is 4.79 Å². The minimum atomic E-state index is -0.123. The molecule has 3 heteroatoms. The lowest BCUT2D eigenvalue weighted by Gasteiger charge is -1.93. The number of esters is 1. The van der Waals surface area contributed by atoms with E-state index in [1.807, 2.05) is 6.92 Å². The first kappa shape index (κ1) is 12.5. The largest absolute Gasteiger partial charge is 0.466 e. The molecule has 0 aliphatic rings. The maximum absolute atomic E-state index is 10.2. The van der Waals surface area contributed by atoms with Crippen LogP contribution in [0.1, 0.15) is 27.2 Å². The van der Waals surface area contributed by atoms with Crippen LogP contribution < -0.4 is 0 Å². The van der Waals surface area contributed by atoms with E-state index in [9.17, 15) is 4.79 Å². The Kier molecular flexibility index (Phi) is 14.5. The fraction of sp³-hybridized carbons (Fsp3) is 0.857. The number of thiol groups is 1. The summed E-state index contributed by atoms with van der Waals surface area (Å²) in [4.78, 5) is 10.2. The van der Waals surface area contributed by atoms with Gasteiger partial charge in [-0.25, -0.2) is 0 Å². The highest BCUT2D eigenvalue weighted by Gasteiger charge is 1.91. The number of carbonyl (C=O) groups excluding carboxylic acids is 1. The Balaban J connectivity index is 0. The molecule has 0 atom stereocenters. The van der Waals surface area contributed by atoms with Gasteiger partial charge in [-0.15, -0.1) is 0 Å². The van der Waals surface area contributed by atoms with Crippen molar-refractivity contribution in [3.63, 3.8) is 0 Å². The third kappa shape index (κ3) is 15.7. The number of ether oxygens (including phenoxy) is 1. The third-order valence-electron chi connectivity index (χ3n) is 0.594.